The van der Waals surface area contributed by atoms with E-state index in [1.165, 1.54) is 18.4 Å². The lowest BCUT2D eigenvalue weighted by molar-refractivity contribution is 0.234. The highest BCUT2D eigenvalue weighted by Crippen LogP contribution is 2.17. The van der Waals surface area contributed by atoms with Crippen LogP contribution < -0.4 is 10.6 Å². The summed E-state index contributed by atoms with van der Waals surface area (Å²) >= 11 is 1.70. The Morgan fingerprint density at radius 1 is 1.53 bits per heavy atom. The first-order valence-corrected chi connectivity index (χ1v) is 7.26. The standard InChI is InChI=1S/C13H20N2OS/c1-10(8-11-6-7-17-9-11)14-13(16)15-12-4-2-3-5-12/h6-7,9-10,12H,2-5,8H2,1H3,(H2,14,15,16). The van der Waals surface area contributed by atoms with Gasteiger partial charge in [-0.05, 0) is 48.6 Å². The lowest BCUT2D eigenvalue weighted by Crippen LogP contribution is -2.45. The van der Waals surface area contributed by atoms with Gasteiger partial charge in [-0.1, -0.05) is 12.8 Å². The molecule has 0 aliphatic heterocycles. The Bertz CT molecular complexity index is 344. The molecule has 1 aromatic heterocycles. The topological polar surface area (TPSA) is 41.1 Å². The fourth-order valence-corrected chi connectivity index (χ4v) is 3.02. The zero-order chi connectivity index (χ0) is 12.1. The van der Waals surface area contributed by atoms with Gasteiger partial charge < -0.3 is 10.6 Å². The van der Waals surface area contributed by atoms with E-state index < -0.39 is 0 Å². The second-order valence-electron chi connectivity index (χ2n) is 4.84. The van der Waals surface area contributed by atoms with Crippen LogP contribution in [0, 0.1) is 0 Å². The van der Waals surface area contributed by atoms with Crippen molar-refractivity contribution in [2.24, 2.45) is 0 Å². The molecule has 1 unspecified atom stereocenters. The molecule has 94 valence electrons. The van der Waals surface area contributed by atoms with Gasteiger partial charge in [0, 0.05) is 12.1 Å². The molecule has 1 atom stereocenters. The number of rotatable bonds is 4. The van der Waals surface area contributed by atoms with Gasteiger partial charge in [0.25, 0.3) is 0 Å². The van der Waals surface area contributed by atoms with Crippen molar-refractivity contribution in [2.75, 3.05) is 0 Å². The van der Waals surface area contributed by atoms with E-state index in [9.17, 15) is 4.79 Å². The maximum atomic E-state index is 11.7. The normalized spacial score (nSPS) is 17.9. The third-order valence-electron chi connectivity index (χ3n) is 3.19. The summed E-state index contributed by atoms with van der Waals surface area (Å²) in [5.41, 5.74) is 1.30. The molecule has 0 bridgehead atoms. The molecule has 2 amide bonds. The molecule has 1 aliphatic carbocycles. The van der Waals surface area contributed by atoms with Gasteiger partial charge in [-0.2, -0.15) is 11.3 Å². The minimum Gasteiger partial charge on any atom is -0.335 e. The van der Waals surface area contributed by atoms with Crippen molar-refractivity contribution in [2.45, 2.75) is 51.1 Å². The molecule has 1 aliphatic rings. The molecule has 0 spiro atoms. The van der Waals surface area contributed by atoms with Gasteiger partial charge in [0.05, 0.1) is 0 Å². The van der Waals surface area contributed by atoms with E-state index in [1.807, 2.05) is 6.92 Å². The van der Waals surface area contributed by atoms with Gasteiger partial charge >= 0.3 is 6.03 Å². The van der Waals surface area contributed by atoms with Crippen molar-refractivity contribution in [1.29, 1.82) is 0 Å². The first-order chi connectivity index (χ1) is 8.24. The second kappa shape index (κ2) is 6.05. The third kappa shape index (κ3) is 4.04. The van der Waals surface area contributed by atoms with Crippen LogP contribution in [0.15, 0.2) is 16.8 Å². The molecule has 1 fully saturated rings. The SMILES string of the molecule is CC(Cc1ccsc1)NC(=O)NC1CCCC1. The lowest BCUT2D eigenvalue weighted by atomic mass is 10.1. The molecule has 0 radical (unpaired) electrons. The quantitative estimate of drug-likeness (QED) is 0.850. The fraction of sp³-hybridized carbons (Fsp3) is 0.615. The van der Waals surface area contributed by atoms with Crippen LogP contribution in [0.1, 0.15) is 38.2 Å². The molecular formula is C13H20N2OS. The van der Waals surface area contributed by atoms with E-state index in [0.717, 1.165) is 19.3 Å². The zero-order valence-corrected chi connectivity index (χ0v) is 11.1. The van der Waals surface area contributed by atoms with Crippen molar-refractivity contribution in [1.82, 2.24) is 10.6 Å². The van der Waals surface area contributed by atoms with Crippen LogP contribution in [0.4, 0.5) is 4.79 Å². The molecule has 2 rings (SSSR count). The van der Waals surface area contributed by atoms with Gasteiger partial charge in [0.1, 0.15) is 0 Å². The summed E-state index contributed by atoms with van der Waals surface area (Å²) < 4.78 is 0. The summed E-state index contributed by atoms with van der Waals surface area (Å²) in [5, 5.41) is 10.2. The average molecular weight is 252 g/mol. The fourth-order valence-electron chi connectivity index (χ4n) is 2.33. The first-order valence-electron chi connectivity index (χ1n) is 6.32. The van der Waals surface area contributed by atoms with Crippen LogP contribution >= 0.6 is 11.3 Å². The lowest BCUT2D eigenvalue weighted by Gasteiger charge is -2.17. The Labute approximate surface area is 107 Å². The monoisotopic (exact) mass is 252 g/mol. The molecular weight excluding hydrogens is 232 g/mol. The molecule has 0 aromatic carbocycles. The van der Waals surface area contributed by atoms with E-state index in [4.69, 9.17) is 0 Å². The van der Waals surface area contributed by atoms with E-state index in [0.29, 0.717) is 6.04 Å². The maximum absolute atomic E-state index is 11.7. The Hall–Kier alpha value is -1.03. The minimum atomic E-state index is -0.0142. The minimum absolute atomic E-state index is 0.0142. The predicted molar refractivity (Wildman–Crippen MR) is 71.4 cm³/mol. The molecule has 17 heavy (non-hydrogen) atoms. The van der Waals surface area contributed by atoms with Crippen molar-refractivity contribution in [3.8, 4) is 0 Å². The zero-order valence-electron chi connectivity index (χ0n) is 10.2. The number of thiophene rings is 1. The summed E-state index contributed by atoms with van der Waals surface area (Å²) in [6, 6.07) is 2.67. The van der Waals surface area contributed by atoms with E-state index >= 15 is 0 Å². The molecule has 1 aromatic rings. The molecule has 2 N–H and O–H groups in total. The van der Waals surface area contributed by atoms with Crippen LogP contribution in [0.25, 0.3) is 0 Å². The van der Waals surface area contributed by atoms with Gasteiger partial charge in [-0.15, -0.1) is 0 Å². The van der Waals surface area contributed by atoms with Crippen LogP contribution in [0.3, 0.4) is 0 Å². The number of nitrogens with one attached hydrogen (secondary N) is 2. The summed E-state index contributed by atoms with van der Waals surface area (Å²) in [7, 11) is 0. The summed E-state index contributed by atoms with van der Waals surface area (Å²) in [6.45, 7) is 2.05. The van der Waals surface area contributed by atoms with E-state index in [-0.39, 0.29) is 12.1 Å². The number of hydrogen-bond acceptors (Lipinski definition) is 2. The number of amides is 2. The number of carbonyl (C=O) groups excluding carboxylic acids is 1. The number of hydrogen-bond donors (Lipinski definition) is 2. The maximum Gasteiger partial charge on any atom is 0.315 e. The predicted octanol–water partition coefficient (Wildman–Crippen LogP) is 2.92. The molecule has 1 heterocycles. The van der Waals surface area contributed by atoms with Crippen LogP contribution in [-0.2, 0) is 6.42 Å². The van der Waals surface area contributed by atoms with Crippen LogP contribution in [-0.4, -0.2) is 18.1 Å². The third-order valence-corrected chi connectivity index (χ3v) is 3.92. The van der Waals surface area contributed by atoms with Gasteiger partial charge in [-0.3, -0.25) is 0 Å². The Morgan fingerprint density at radius 2 is 2.29 bits per heavy atom. The largest absolute Gasteiger partial charge is 0.335 e. The molecule has 4 heteroatoms. The smallest absolute Gasteiger partial charge is 0.315 e. The van der Waals surface area contributed by atoms with Gasteiger partial charge in [0.2, 0.25) is 0 Å². The van der Waals surface area contributed by atoms with Crippen LogP contribution in [0.5, 0.6) is 0 Å². The van der Waals surface area contributed by atoms with Gasteiger partial charge in [-0.25, -0.2) is 4.79 Å². The van der Waals surface area contributed by atoms with Crippen LogP contribution in [0.2, 0.25) is 0 Å². The first kappa shape index (κ1) is 12.4. The molecule has 0 saturated heterocycles. The van der Waals surface area contributed by atoms with E-state index in [1.54, 1.807) is 11.3 Å². The van der Waals surface area contributed by atoms with Crippen molar-refractivity contribution >= 4 is 17.4 Å². The van der Waals surface area contributed by atoms with Gasteiger partial charge in [0.15, 0.2) is 0 Å². The molecule has 3 nitrogen and oxygen atoms in total. The summed E-state index contributed by atoms with van der Waals surface area (Å²) in [6.07, 6.45) is 5.66. The van der Waals surface area contributed by atoms with Crippen molar-refractivity contribution in [3.05, 3.63) is 22.4 Å². The highest BCUT2D eigenvalue weighted by molar-refractivity contribution is 7.07. The highest BCUT2D eigenvalue weighted by Gasteiger charge is 2.17. The summed E-state index contributed by atoms with van der Waals surface area (Å²) in [4.78, 5) is 11.7. The Balaban J connectivity index is 1.70. The Morgan fingerprint density at radius 3 is 2.94 bits per heavy atom. The molecule has 1 saturated carbocycles. The Kier molecular flexibility index (Phi) is 4.42. The summed E-state index contributed by atoms with van der Waals surface area (Å²) in [5.74, 6) is 0. The average Bonchev–Trinajstić information content (AvgIpc) is 2.90. The van der Waals surface area contributed by atoms with E-state index in [2.05, 4.69) is 27.5 Å². The van der Waals surface area contributed by atoms with Crippen molar-refractivity contribution in [3.63, 3.8) is 0 Å². The van der Waals surface area contributed by atoms with Crippen molar-refractivity contribution < 1.29 is 4.79 Å². The number of carbonyl (C=O) groups is 1. The highest BCUT2D eigenvalue weighted by atomic mass is 32.1. The number of urea groups is 1. The second-order valence-corrected chi connectivity index (χ2v) is 5.62.